The van der Waals surface area contributed by atoms with Crippen molar-refractivity contribution < 1.29 is 36.6 Å². The Morgan fingerprint density at radius 3 is 2.32 bits per heavy atom. The summed E-state index contributed by atoms with van der Waals surface area (Å²) in [4.78, 5) is 15.8. The molecule has 0 fully saturated rings. The number of carboxylic acid groups (broad SMARTS) is 1. The molecule has 1 heterocycles. The molecule has 1 N–H and O–H groups in total. The minimum absolute atomic E-state index is 0.0195. The molecule has 0 spiro atoms. The van der Waals surface area contributed by atoms with Gasteiger partial charge in [0.25, 0.3) is 0 Å². The van der Waals surface area contributed by atoms with Crippen LogP contribution in [0.1, 0.15) is 36.6 Å². The van der Waals surface area contributed by atoms with Crippen molar-refractivity contribution in [2.45, 2.75) is 37.7 Å². The predicted molar refractivity (Wildman–Crippen MR) is 123 cm³/mol. The number of hydrogen-bond donors (Lipinski definition) is 1. The van der Waals surface area contributed by atoms with Crippen molar-refractivity contribution in [2.75, 3.05) is 12.9 Å². The maximum atomic E-state index is 13.6. The van der Waals surface area contributed by atoms with Gasteiger partial charge in [-0.3, -0.25) is 4.98 Å². The van der Waals surface area contributed by atoms with Crippen molar-refractivity contribution in [3.8, 4) is 11.5 Å². The van der Waals surface area contributed by atoms with Gasteiger partial charge in [0, 0.05) is 18.2 Å². The number of carbonyl (C=O) groups is 1. The highest BCUT2D eigenvalue weighted by Gasteiger charge is 2.25. The van der Waals surface area contributed by atoms with Crippen molar-refractivity contribution in [3.05, 3.63) is 58.2 Å². The van der Waals surface area contributed by atoms with E-state index in [1.54, 1.807) is 12.1 Å². The van der Waals surface area contributed by atoms with Crippen LogP contribution in [-0.4, -0.2) is 44.0 Å². The number of aliphatic carboxylic acids is 1. The molecule has 182 valence electrons. The average Bonchev–Trinajstić information content (AvgIpc) is 2.73. The number of rotatable bonds is 9. The van der Waals surface area contributed by atoms with E-state index in [9.17, 15) is 22.0 Å². The van der Waals surface area contributed by atoms with Crippen LogP contribution in [-0.2, 0) is 21.1 Å². The van der Waals surface area contributed by atoms with Crippen LogP contribution in [0.15, 0.2) is 41.3 Å². The van der Waals surface area contributed by atoms with Crippen LogP contribution < -0.4 is 9.47 Å². The quantitative estimate of drug-likeness (QED) is 0.426. The maximum Gasteiger partial charge on any atom is 0.387 e. The van der Waals surface area contributed by atoms with Crippen LogP contribution >= 0.6 is 11.6 Å². The normalized spacial score (nSPS) is 11.9. The fourth-order valence-electron chi connectivity index (χ4n) is 3.52. The minimum Gasteiger partial charge on any atom is -0.481 e. The van der Waals surface area contributed by atoms with Gasteiger partial charge in [0.05, 0.1) is 26.5 Å². The number of benzene rings is 2. The van der Waals surface area contributed by atoms with Gasteiger partial charge in [-0.05, 0) is 35.7 Å². The number of fused-ring (bicyclic) bond motifs is 1. The van der Waals surface area contributed by atoms with Gasteiger partial charge in [-0.1, -0.05) is 37.6 Å². The Morgan fingerprint density at radius 2 is 1.79 bits per heavy atom. The Labute approximate surface area is 200 Å². The largest absolute Gasteiger partial charge is 0.481 e. The lowest BCUT2D eigenvalue weighted by atomic mass is 9.94. The summed E-state index contributed by atoms with van der Waals surface area (Å²) in [5, 5.41) is 9.19. The summed E-state index contributed by atoms with van der Waals surface area (Å²) >= 11 is 6.32. The highest BCUT2D eigenvalue weighted by Crippen LogP contribution is 2.43. The molecule has 0 aliphatic rings. The molecule has 0 radical (unpaired) electrons. The molecule has 0 saturated heterocycles. The average molecular weight is 514 g/mol. The van der Waals surface area contributed by atoms with Gasteiger partial charge < -0.3 is 14.6 Å². The number of carboxylic acids is 1. The highest BCUT2D eigenvalue weighted by molar-refractivity contribution is 7.90. The number of ether oxygens (including phenoxy) is 2. The van der Waals surface area contributed by atoms with Crippen molar-refractivity contribution >= 4 is 38.3 Å². The molecule has 2 aromatic carbocycles. The van der Waals surface area contributed by atoms with Crippen LogP contribution in [0.3, 0.4) is 0 Å². The summed E-state index contributed by atoms with van der Waals surface area (Å²) in [7, 11) is -3.41. The molecule has 11 heteroatoms. The molecule has 0 bridgehead atoms. The number of pyridine rings is 1. The van der Waals surface area contributed by atoms with Gasteiger partial charge in [0.1, 0.15) is 11.5 Å². The highest BCUT2D eigenvalue weighted by atomic mass is 35.5. The summed E-state index contributed by atoms with van der Waals surface area (Å²) in [5.41, 5.74) is 1.55. The van der Waals surface area contributed by atoms with Gasteiger partial charge in [0.15, 0.2) is 16.4 Å². The first-order valence-electron chi connectivity index (χ1n) is 10.1. The molecule has 34 heavy (non-hydrogen) atoms. The number of sulfone groups is 1. The fourth-order valence-corrected chi connectivity index (χ4v) is 4.35. The molecular formula is C23H22ClF2NO6S. The molecule has 0 amide bonds. The molecule has 0 atom stereocenters. The van der Waals surface area contributed by atoms with Crippen LogP contribution in [0.2, 0.25) is 5.02 Å². The molecule has 1 aromatic heterocycles. The van der Waals surface area contributed by atoms with Crippen LogP contribution in [0.5, 0.6) is 11.5 Å². The van der Waals surface area contributed by atoms with Crippen LogP contribution in [0.4, 0.5) is 8.78 Å². The standard InChI is InChI=1S/C23H22ClF2NO6S/c1-12(2)20-15(10-13-4-6-14(7-5-13)34(3,30)31)22(33-23(25)26)19-17(32-11-18(28)29)9-8-16(24)21(19)27-20/h4-9,12,23H,10-11H2,1-3H3,(H,28,29). The minimum atomic E-state index is -3.41. The van der Waals surface area contributed by atoms with Crippen molar-refractivity contribution in [1.82, 2.24) is 4.98 Å². The Balaban J connectivity index is 2.28. The topological polar surface area (TPSA) is 103 Å². The third-order valence-corrected chi connectivity index (χ3v) is 6.40. The first-order valence-corrected chi connectivity index (χ1v) is 12.4. The van der Waals surface area contributed by atoms with E-state index in [1.807, 2.05) is 13.8 Å². The van der Waals surface area contributed by atoms with Crippen LogP contribution in [0.25, 0.3) is 10.9 Å². The zero-order valence-corrected chi connectivity index (χ0v) is 20.1. The predicted octanol–water partition coefficient (Wildman–Crippen LogP) is 5.07. The molecular weight excluding hydrogens is 492 g/mol. The summed E-state index contributed by atoms with van der Waals surface area (Å²) in [6.07, 6.45) is 1.18. The molecule has 0 saturated carbocycles. The van der Waals surface area contributed by atoms with E-state index in [1.165, 1.54) is 24.3 Å². The lowest BCUT2D eigenvalue weighted by molar-refractivity contribution is -0.139. The maximum absolute atomic E-state index is 13.6. The zero-order valence-electron chi connectivity index (χ0n) is 18.5. The molecule has 0 aliphatic heterocycles. The third-order valence-electron chi connectivity index (χ3n) is 4.97. The van der Waals surface area contributed by atoms with E-state index in [2.05, 4.69) is 4.98 Å². The summed E-state index contributed by atoms with van der Waals surface area (Å²) in [6, 6.07) is 8.83. The number of alkyl halides is 2. The van der Waals surface area contributed by atoms with E-state index in [-0.39, 0.29) is 44.7 Å². The molecule has 0 unspecified atom stereocenters. The Morgan fingerprint density at radius 1 is 1.15 bits per heavy atom. The molecule has 7 nitrogen and oxygen atoms in total. The second-order valence-corrected chi connectivity index (χ2v) is 10.3. The Kier molecular flexibility index (Phi) is 7.62. The van der Waals surface area contributed by atoms with Gasteiger partial charge >= 0.3 is 12.6 Å². The zero-order chi connectivity index (χ0) is 25.2. The number of hydrogen-bond acceptors (Lipinski definition) is 6. The van der Waals surface area contributed by atoms with E-state index >= 15 is 0 Å². The van der Waals surface area contributed by atoms with E-state index in [0.717, 1.165) is 6.26 Å². The monoisotopic (exact) mass is 513 g/mol. The molecule has 3 aromatic rings. The van der Waals surface area contributed by atoms with Crippen molar-refractivity contribution in [3.63, 3.8) is 0 Å². The summed E-state index contributed by atoms with van der Waals surface area (Å²) in [6.45, 7) is -0.243. The Bertz CT molecular complexity index is 1330. The number of halogens is 3. The summed E-state index contributed by atoms with van der Waals surface area (Å²) < 4.78 is 60.9. The summed E-state index contributed by atoms with van der Waals surface area (Å²) in [5.74, 6) is -1.71. The van der Waals surface area contributed by atoms with Crippen LogP contribution in [0, 0.1) is 0 Å². The van der Waals surface area contributed by atoms with E-state index in [0.29, 0.717) is 16.8 Å². The van der Waals surface area contributed by atoms with Gasteiger partial charge in [-0.2, -0.15) is 8.78 Å². The number of aromatic nitrogens is 1. The second kappa shape index (κ2) is 10.1. The van der Waals surface area contributed by atoms with E-state index in [4.69, 9.17) is 26.2 Å². The first kappa shape index (κ1) is 25.6. The SMILES string of the molecule is CC(C)c1nc2c(Cl)ccc(OCC(=O)O)c2c(OC(F)F)c1Cc1ccc(S(C)(=O)=O)cc1. The molecule has 0 aliphatic carbocycles. The van der Waals surface area contributed by atoms with Crippen molar-refractivity contribution in [1.29, 1.82) is 0 Å². The first-order chi connectivity index (χ1) is 15.9. The smallest absolute Gasteiger partial charge is 0.387 e. The van der Waals surface area contributed by atoms with Gasteiger partial charge in [-0.25, -0.2) is 13.2 Å². The van der Waals surface area contributed by atoms with Gasteiger partial charge in [-0.15, -0.1) is 0 Å². The lowest BCUT2D eigenvalue weighted by Gasteiger charge is -2.21. The van der Waals surface area contributed by atoms with Crippen molar-refractivity contribution in [2.24, 2.45) is 0 Å². The fraction of sp³-hybridized carbons (Fsp3) is 0.304. The van der Waals surface area contributed by atoms with E-state index < -0.39 is 29.0 Å². The second-order valence-electron chi connectivity index (χ2n) is 7.88. The lowest BCUT2D eigenvalue weighted by Crippen LogP contribution is -2.13. The Hall–Kier alpha value is -2.98. The van der Waals surface area contributed by atoms with Gasteiger partial charge in [0.2, 0.25) is 0 Å². The molecule has 3 rings (SSSR count). The third kappa shape index (κ3) is 5.74. The number of nitrogens with zero attached hydrogens (tertiary/aromatic N) is 1.